The van der Waals surface area contributed by atoms with Gasteiger partial charge in [0.25, 0.3) is 10.1 Å². The van der Waals surface area contributed by atoms with E-state index in [9.17, 15) is 26.7 Å². The number of benzene rings is 2. The number of aromatic hydroxyl groups is 1. The summed E-state index contributed by atoms with van der Waals surface area (Å²) in [6.45, 7) is 2.88. The van der Waals surface area contributed by atoms with Gasteiger partial charge in [-0.2, -0.15) is 8.42 Å². The van der Waals surface area contributed by atoms with Gasteiger partial charge in [0, 0.05) is 17.1 Å². The van der Waals surface area contributed by atoms with Crippen LogP contribution in [0.4, 0.5) is 10.5 Å². The number of carbonyl (C=O) groups is 1. The quantitative estimate of drug-likeness (QED) is 0.390. The Balaban J connectivity index is 2.27. The summed E-state index contributed by atoms with van der Waals surface area (Å²) in [6.07, 6.45) is 0.115. The van der Waals surface area contributed by atoms with Crippen LogP contribution in [0.5, 0.6) is 5.75 Å². The van der Waals surface area contributed by atoms with Gasteiger partial charge in [0.2, 0.25) is 0 Å². The van der Waals surface area contributed by atoms with E-state index in [1.54, 1.807) is 6.92 Å². The van der Waals surface area contributed by atoms with Gasteiger partial charge in [-0.25, -0.2) is 13.2 Å². The third-order valence-electron chi connectivity index (χ3n) is 3.97. The van der Waals surface area contributed by atoms with Crippen molar-refractivity contribution in [3.8, 4) is 5.75 Å². The molecule has 9 nitrogen and oxygen atoms in total. The number of fused-ring (bicyclic) bond motifs is 1. The highest BCUT2D eigenvalue weighted by Gasteiger charge is 2.30. The van der Waals surface area contributed by atoms with Gasteiger partial charge >= 0.3 is 6.03 Å². The minimum Gasteiger partial charge on any atom is -0.507 e. The van der Waals surface area contributed by atoms with Crippen molar-refractivity contribution in [3.63, 3.8) is 0 Å². The van der Waals surface area contributed by atoms with E-state index in [2.05, 4.69) is 10.6 Å². The number of anilines is 1. The monoisotopic (exact) mass is 450 g/mol. The molecule has 12 heteroatoms. The summed E-state index contributed by atoms with van der Waals surface area (Å²) < 4.78 is 54.6. The number of halogens is 1. The summed E-state index contributed by atoms with van der Waals surface area (Å²) in [7, 11) is -8.25. The van der Waals surface area contributed by atoms with Crippen LogP contribution in [-0.2, 0) is 20.0 Å². The number of amides is 2. The SMILES string of the molecule is CCC(NC(=O)Nc1ccc2cc(S(=O)(=O)O)cc(O)c2c1)S(=O)(=O)C(C)Cl. The van der Waals surface area contributed by atoms with Crippen LogP contribution in [0.1, 0.15) is 20.3 Å². The van der Waals surface area contributed by atoms with Gasteiger partial charge in [-0.3, -0.25) is 4.55 Å². The zero-order valence-electron chi connectivity index (χ0n) is 14.9. The summed E-state index contributed by atoms with van der Waals surface area (Å²) >= 11 is 5.67. The van der Waals surface area contributed by atoms with E-state index in [1.807, 2.05) is 0 Å². The first-order valence-corrected chi connectivity index (χ1v) is 11.5. The van der Waals surface area contributed by atoms with Gasteiger partial charge in [0.1, 0.15) is 15.8 Å². The summed E-state index contributed by atoms with van der Waals surface area (Å²) in [5.41, 5.74) is 0.228. The molecule has 2 atom stereocenters. The predicted molar refractivity (Wildman–Crippen MR) is 106 cm³/mol. The molecule has 0 aliphatic rings. The average molecular weight is 451 g/mol. The van der Waals surface area contributed by atoms with E-state index >= 15 is 0 Å². The number of carbonyl (C=O) groups excluding carboxylic acids is 1. The number of sulfone groups is 1. The lowest BCUT2D eigenvalue weighted by Gasteiger charge is -2.19. The molecule has 4 N–H and O–H groups in total. The molecule has 0 saturated heterocycles. The second-order valence-electron chi connectivity index (χ2n) is 5.98. The molecule has 0 fully saturated rings. The molecule has 2 unspecified atom stereocenters. The highest BCUT2D eigenvalue weighted by atomic mass is 35.5. The Bertz CT molecular complexity index is 1120. The zero-order valence-corrected chi connectivity index (χ0v) is 17.3. The van der Waals surface area contributed by atoms with Crippen LogP contribution in [-0.4, -0.2) is 42.6 Å². The zero-order chi connectivity index (χ0) is 21.3. The van der Waals surface area contributed by atoms with Crippen LogP contribution in [0.15, 0.2) is 35.2 Å². The summed E-state index contributed by atoms with van der Waals surface area (Å²) in [4.78, 5) is 11.7. The molecular weight excluding hydrogens is 432 g/mol. The molecular formula is C16H19ClN2O7S2. The highest BCUT2D eigenvalue weighted by Crippen LogP contribution is 2.30. The fraction of sp³-hybridized carbons (Fsp3) is 0.312. The van der Waals surface area contributed by atoms with E-state index in [-0.39, 0.29) is 17.5 Å². The Kier molecular flexibility index (Phi) is 6.44. The molecule has 28 heavy (non-hydrogen) atoms. The molecule has 0 aromatic heterocycles. The van der Waals surface area contributed by atoms with Gasteiger partial charge in [-0.1, -0.05) is 13.0 Å². The number of rotatable bonds is 6. The minimum absolute atomic E-state index is 0.115. The van der Waals surface area contributed by atoms with E-state index in [4.69, 9.17) is 16.2 Å². The maximum Gasteiger partial charge on any atom is 0.320 e. The van der Waals surface area contributed by atoms with Gasteiger partial charge < -0.3 is 15.7 Å². The maximum atomic E-state index is 12.2. The Morgan fingerprint density at radius 1 is 1.18 bits per heavy atom. The molecule has 0 radical (unpaired) electrons. The Labute approximate surface area is 167 Å². The van der Waals surface area contributed by atoms with Crippen molar-refractivity contribution in [2.45, 2.75) is 35.2 Å². The van der Waals surface area contributed by atoms with Gasteiger partial charge in [0.05, 0.1) is 4.90 Å². The lowest BCUT2D eigenvalue weighted by Crippen LogP contribution is -2.44. The van der Waals surface area contributed by atoms with E-state index in [0.29, 0.717) is 5.39 Å². The van der Waals surface area contributed by atoms with Crippen molar-refractivity contribution in [2.75, 3.05) is 5.32 Å². The second kappa shape index (κ2) is 8.11. The fourth-order valence-electron chi connectivity index (χ4n) is 2.49. The van der Waals surface area contributed by atoms with Crippen LogP contribution < -0.4 is 10.6 Å². The van der Waals surface area contributed by atoms with Crippen molar-refractivity contribution < 1.29 is 31.3 Å². The molecule has 2 rings (SSSR count). The number of alkyl halides is 1. The molecule has 0 aliphatic heterocycles. The summed E-state index contributed by atoms with van der Waals surface area (Å²) in [6, 6.07) is 5.47. The number of phenols is 1. The molecule has 0 aliphatic carbocycles. The normalized spacial score (nSPS) is 14.4. The third-order valence-corrected chi connectivity index (χ3v) is 7.70. The van der Waals surface area contributed by atoms with Crippen LogP contribution >= 0.6 is 11.6 Å². The van der Waals surface area contributed by atoms with Crippen molar-refractivity contribution in [1.29, 1.82) is 0 Å². The van der Waals surface area contributed by atoms with Crippen molar-refractivity contribution in [2.24, 2.45) is 0 Å². The van der Waals surface area contributed by atoms with E-state index in [1.165, 1.54) is 25.1 Å². The molecule has 2 amide bonds. The third kappa shape index (κ3) is 4.85. The Hall–Kier alpha value is -2.08. The van der Waals surface area contributed by atoms with Crippen LogP contribution in [0.2, 0.25) is 0 Å². The number of hydrogen-bond donors (Lipinski definition) is 4. The van der Waals surface area contributed by atoms with Gasteiger partial charge in [0.15, 0.2) is 9.84 Å². The second-order valence-corrected chi connectivity index (χ2v) is 10.8. The lowest BCUT2D eigenvalue weighted by atomic mass is 10.1. The van der Waals surface area contributed by atoms with Crippen LogP contribution in [0, 0.1) is 0 Å². The van der Waals surface area contributed by atoms with Gasteiger partial charge in [-0.15, -0.1) is 11.6 Å². The summed E-state index contributed by atoms with van der Waals surface area (Å²) in [5.74, 6) is -0.417. The fourth-order valence-corrected chi connectivity index (χ4v) is 4.59. The molecule has 2 aromatic carbocycles. The maximum absolute atomic E-state index is 12.2. The molecule has 2 aromatic rings. The smallest absolute Gasteiger partial charge is 0.320 e. The van der Waals surface area contributed by atoms with E-state index in [0.717, 1.165) is 12.1 Å². The number of hydrogen-bond acceptors (Lipinski definition) is 6. The van der Waals surface area contributed by atoms with Crippen molar-refractivity contribution in [3.05, 3.63) is 30.3 Å². The summed E-state index contributed by atoms with van der Waals surface area (Å²) in [5, 5.41) is 14.2. The number of nitrogens with one attached hydrogen (secondary N) is 2. The Morgan fingerprint density at radius 2 is 1.82 bits per heavy atom. The minimum atomic E-state index is -4.49. The van der Waals surface area contributed by atoms with Crippen molar-refractivity contribution >= 4 is 54.0 Å². The topological polar surface area (TPSA) is 150 Å². The first-order valence-electron chi connectivity index (χ1n) is 8.04. The highest BCUT2D eigenvalue weighted by molar-refractivity contribution is 7.93. The standard InChI is InChI=1S/C16H19ClN2O7S2/c1-3-15(27(22,23)9(2)17)19-16(21)18-11-5-4-10-6-12(28(24,25)26)8-14(20)13(10)7-11/h4-9,15,20H,3H2,1-2H3,(H2,18,19,21)(H,24,25,26). The molecule has 154 valence electrons. The number of urea groups is 1. The Morgan fingerprint density at radius 3 is 2.36 bits per heavy atom. The number of phenolic OH excluding ortho intramolecular Hbond substituents is 1. The first kappa shape index (κ1) is 22.2. The first-order chi connectivity index (χ1) is 12.9. The predicted octanol–water partition coefficient (Wildman–Crippen LogP) is 2.65. The van der Waals surface area contributed by atoms with Crippen LogP contribution in [0.25, 0.3) is 10.8 Å². The molecule has 0 bridgehead atoms. The van der Waals surface area contributed by atoms with Crippen molar-refractivity contribution in [1.82, 2.24) is 5.32 Å². The largest absolute Gasteiger partial charge is 0.507 e. The van der Waals surface area contributed by atoms with E-state index < -0.39 is 46.7 Å². The van der Waals surface area contributed by atoms with Gasteiger partial charge in [-0.05, 0) is 36.9 Å². The molecule has 0 saturated carbocycles. The molecule has 0 heterocycles. The molecule has 0 spiro atoms. The van der Waals surface area contributed by atoms with Crippen LogP contribution in [0.3, 0.4) is 0 Å². The average Bonchev–Trinajstić information content (AvgIpc) is 2.58. The lowest BCUT2D eigenvalue weighted by molar-refractivity contribution is 0.250.